The molecule has 0 bridgehead atoms. The number of ether oxygens (including phenoxy) is 2. The lowest BCUT2D eigenvalue weighted by atomic mass is 9.76. The normalized spacial score (nSPS) is 19.2. The van der Waals surface area contributed by atoms with Gasteiger partial charge in [-0.3, -0.25) is 4.99 Å². The van der Waals surface area contributed by atoms with E-state index >= 15 is 0 Å². The minimum absolute atomic E-state index is 0.270. The highest BCUT2D eigenvalue weighted by molar-refractivity contribution is 9.10. The summed E-state index contributed by atoms with van der Waals surface area (Å²) in [6.45, 7) is 2.51. The number of halogens is 2. The van der Waals surface area contributed by atoms with Gasteiger partial charge in [0.15, 0.2) is 11.5 Å². The Morgan fingerprint density at radius 2 is 1.88 bits per heavy atom. The summed E-state index contributed by atoms with van der Waals surface area (Å²) >= 11 is 9.92. The topological polar surface area (TPSA) is 42.8 Å². The molecule has 3 atom stereocenters. The van der Waals surface area contributed by atoms with Crippen molar-refractivity contribution in [2.45, 2.75) is 31.9 Å². The summed E-state index contributed by atoms with van der Waals surface area (Å²) in [7, 11) is 1.63. The predicted molar refractivity (Wildman–Crippen MR) is 168 cm³/mol. The van der Waals surface area contributed by atoms with E-state index in [0.29, 0.717) is 35.0 Å². The average Bonchev–Trinajstić information content (AvgIpc) is 3.47. The largest absolute Gasteiger partial charge is 0.493 e. The molecule has 6 heteroatoms. The molecule has 0 spiro atoms. The van der Waals surface area contributed by atoms with E-state index in [1.165, 1.54) is 22.4 Å². The number of aliphatic imine (C=N–C) groups is 1. The molecule has 6 rings (SSSR count). The zero-order valence-corrected chi connectivity index (χ0v) is 24.7. The Morgan fingerprint density at radius 1 is 1.05 bits per heavy atom. The highest BCUT2D eigenvalue weighted by atomic mass is 79.9. The van der Waals surface area contributed by atoms with E-state index < -0.39 is 0 Å². The molecule has 0 fully saturated rings. The molecule has 1 heterocycles. The Labute approximate surface area is 248 Å². The van der Waals surface area contributed by atoms with Gasteiger partial charge in [-0.15, -0.1) is 0 Å². The van der Waals surface area contributed by atoms with Crippen molar-refractivity contribution in [1.82, 2.24) is 0 Å². The third-order valence-corrected chi connectivity index (χ3v) is 8.67. The fourth-order valence-corrected chi connectivity index (χ4v) is 6.44. The number of allylic oxidation sites excluding steroid dienone is 2. The minimum atomic E-state index is 0.270. The third kappa shape index (κ3) is 5.41. The highest BCUT2D eigenvalue weighted by Gasteiger charge is 2.37. The number of benzene rings is 4. The van der Waals surface area contributed by atoms with Gasteiger partial charge in [-0.1, -0.05) is 71.8 Å². The van der Waals surface area contributed by atoms with Crippen LogP contribution in [0, 0.1) is 12.8 Å². The Hall–Kier alpha value is -3.54. The van der Waals surface area contributed by atoms with E-state index in [9.17, 15) is 0 Å². The molecule has 1 aliphatic heterocycles. The summed E-state index contributed by atoms with van der Waals surface area (Å²) in [4.78, 5) is 4.73. The van der Waals surface area contributed by atoms with E-state index in [1.807, 2.05) is 42.6 Å². The molecule has 0 aromatic heterocycles. The first-order valence-corrected chi connectivity index (χ1v) is 14.6. The standard InChI is InChI=1S/C34H30BrClN2O2/c1-21-10-15-31-28(16-21)26-7-5-8-27(26)33(38-31)23-11-13-25(14-12-23)37-19-22-17-29(35)34(32(18-22)39-2)40-20-24-6-3-4-9-30(24)36/h3-7,9-19,26-27,33,38H,8,20H2,1-2H3/t26-,27+,33+/m1/s1. The summed E-state index contributed by atoms with van der Waals surface area (Å²) < 4.78 is 12.5. The quantitative estimate of drug-likeness (QED) is 0.167. The number of hydrogen-bond donors (Lipinski definition) is 1. The molecule has 2 aliphatic rings. The number of rotatable bonds is 7. The van der Waals surface area contributed by atoms with Gasteiger partial charge in [-0.2, -0.15) is 0 Å². The Bertz CT molecular complexity index is 1600. The highest BCUT2D eigenvalue weighted by Crippen LogP contribution is 2.50. The Kier molecular flexibility index (Phi) is 7.68. The smallest absolute Gasteiger partial charge is 0.175 e. The summed E-state index contributed by atoms with van der Waals surface area (Å²) in [5.74, 6) is 2.23. The van der Waals surface area contributed by atoms with Crippen molar-refractivity contribution in [2.75, 3.05) is 12.4 Å². The fourth-order valence-electron chi connectivity index (χ4n) is 5.68. The van der Waals surface area contributed by atoms with Crippen LogP contribution in [0.2, 0.25) is 5.02 Å². The van der Waals surface area contributed by atoms with Crippen LogP contribution >= 0.6 is 27.5 Å². The molecule has 0 unspecified atom stereocenters. The number of hydrogen-bond acceptors (Lipinski definition) is 4. The number of anilines is 1. The molecule has 4 aromatic carbocycles. The minimum Gasteiger partial charge on any atom is -0.493 e. The lowest BCUT2D eigenvalue weighted by Crippen LogP contribution is -2.29. The van der Waals surface area contributed by atoms with Crippen molar-refractivity contribution in [1.29, 1.82) is 0 Å². The van der Waals surface area contributed by atoms with Crippen LogP contribution < -0.4 is 14.8 Å². The van der Waals surface area contributed by atoms with Crippen molar-refractivity contribution in [3.05, 3.63) is 128 Å². The molecule has 0 amide bonds. The van der Waals surface area contributed by atoms with Gasteiger partial charge in [-0.25, -0.2) is 0 Å². The molecule has 0 saturated carbocycles. The van der Waals surface area contributed by atoms with Crippen LogP contribution in [0.15, 0.2) is 100 Å². The summed E-state index contributed by atoms with van der Waals surface area (Å²) in [5.41, 5.74) is 7.96. The third-order valence-electron chi connectivity index (χ3n) is 7.71. The zero-order chi connectivity index (χ0) is 27.6. The maximum Gasteiger partial charge on any atom is 0.175 e. The second kappa shape index (κ2) is 11.5. The van der Waals surface area contributed by atoms with Gasteiger partial charge in [0.25, 0.3) is 0 Å². The number of nitrogens with one attached hydrogen (secondary N) is 1. The van der Waals surface area contributed by atoms with Crippen molar-refractivity contribution < 1.29 is 9.47 Å². The van der Waals surface area contributed by atoms with E-state index in [2.05, 4.69) is 82.8 Å². The van der Waals surface area contributed by atoms with Crippen LogP contribution in [-0.4, -0.2) is 13.3 Å². The summed E-state index contributed by atoms with van der Waals surface area (Å²) in [6, 6.07) is 27.1. The number of methoxy groups -OCH3 is 1. The van der Waals surface area contributed by atoms with Gasteiger partial charge in [-0.05, 0) is 88.3 Å². The number of aryl methyl sites for hydroxylation is 1. The predicted octanol–water partition coefficient (Wildman–Crippen LogP) is 9.58. The van der Waals surface area contributed by atoms with Gasteiger partial charge in [0.2, 0.25) is 0 Å². The molecular formula is C34H30BrClN2O2. The van der Waals surface area contributed by atoms with Gasteiger partial charge in [0, 0.05) is 28.4 Å². The molecule has 1 aliphatic carbocycles. The second-order valence-electron chi connectivity index (χ2n) is 10.3. The van der Waals surface area contributed by atoms with Crippen LogP contribution in [0.25, 0.3) is 0 Å². The van der Waals surface area contributed by atoms with Crippen molar-refractivity contribution in [2.24, 2.45) is 10.9 Å². The van der Waals surface area contributed by atoms with Gasteiger partial charge >= 0.3 is 0 Å². The van der Waals surface area contributed by atoms with Gasteiger partial charge in [0.05, 0.1) is 23.3 Å². The summed E-state index contributed by atoms with van der Waals surface area (Å²) in [5, 5.41) is 4.49. The Balaban J connectivity index is 1.17. The molecule has 0 radical (unpaired) electrons. The van der Waals surface area contributed by atoms with Crippen molar-refractivity contribution in [3.8, 4) is 11.5 Å². The van der Waals surface area contributed by atoms with E-state index in [1.54, 1.807) is 7.11 Å². The average molecular weight is 614 g/mol. The molecule has 202 valence electrons. The SMILES string of the molecule is COc1cc(C=Nc2ccc([C@@H]3Nc4ccc(C)cc4[C@@H]4C=CC[C@@H]43)cc2)cc(Br)c1OCc1ccccc1Cl. The van der Waals surface area contributed by atoms with Crippen molar-refractivity contribution in [3.63, 3.8) is 0 Å². The van der Waals surface area contributed by atoms with Crippen LogP contribution in [-0.2, 0) is 6.61 Å². The number of nitrogens with zero attached hydrogens (tertiary/aromatic N) is 1. The molecule has 4 nitrogen and oxygen atoms in total. The first-order valence-electron chi connectivity index (χ1n) is 13.4. The van der Waals surface area contributed by atoms with Gasteiger partial charge < -0.3 is 14.8 Å². The number of fused-ring (bicyclic) bond motifs is 3. The maximum absolute atomic E-state index is 6.28. The molecule has 40 heavy (non-hydrogen) atoms. The van der Waals surface area contributed by atoms with Crippen LogP contribution in [0.1, 0.15) is 46.2 Å². The summed E-state index contributed by atoms with van der Waals surface area (Å²) in [6.07, 6.45) is 7.65. The van der Waals surface area contributed by atoms with Crippen molar-refractivity contribution >= 4 is 45.1 Å². The maximum atomic E-state index is 6.28. The molecule has 1 N–H and O–H groups in total. The molecule has 4 aromatic rings. The monoisotopic (exact) mass is 612 g/mol. The molecular weight excluding hydrogens is 584 g/mol. The van der Waals surface area contributed by atoms with E-state index in [0.717, 1.165) is 27.7 Å². The Morgan fingerprint density at radius 3 is 2.67 bits per heavy atom. The fraction of sp³-hybridized carbons (Fsp3) is 0.206. The zero-order valence-electron chi connectivity index (χ0n) is 22.4. The van der Waals surface area contributed by atoms with Gasteiger partial charge in [0.1, 0.15) is 6.61 Å². The van der Waals surface area contributed by atoms with E-state index in [4.69, 9.17) is 26.1 Å². The first kappa shape index (κ1) is 26.7. The van der Waals surface area contributed by atoms with Crippen LogP contribution in [0.4, 0.5) is 11.4 Å². The van der Waals surface area contributed by atoms with Crippen LogP contribution in [0.5, 0.6) is 11.5 Å². The first-order chi connectivity index (χ1) is 19.5. The molecule has 0 saturated heterocycles. The second-order valence-corrected chi connectivity index (χ2v) is 11.6. The lowest BCUT2D eigenvalue weighted by Gasteiger charge is -2.37. The van der Waals surface area contributed by atoms with Crippen LogP contribution in [0.3, 0.4) is 0 Å². The lowest BCUT2D eigenvalue weighted by molar-refractivity contribution is 0.282. The van der Waals surface area contributed by atoms with E-state index in [-0.39, 0.29) is 6.04 Å².